The van der Waals surface area contributed by atoms with E-state index in [1.54, 1.807) is 34.1 Å². The van der Waals surface area contributed by atoms with Gasteiger partial charge in [-0.15, -0.1) is 11.3 Å². The van der Waals surface area contributed by atoms with Crippen LogP contribution < -0.4 is 10.9 Å². The first-order chi connectivity index (χ1) is 12.5. The summed E-state index contributed by atoms with van der Waals surface area (Å²) in [6.07, 6.45) is 1.76. The minimum atomic E-state index is -0.138. The highest BCUT2D eigenvalue weighted by Gasteiger charge is 2.21. The van der Waals surface area contributed by atoms with Gasteiger partial charge < -0.3 is 5.32 Å². The molecule has 1 aliphatic rings. The largest absolute Gasteiger partial charge is 0.344 e. The summed E-state index contributed by atoms with van der Waals surface area (Å²) < 4.78 is 1.74. The Hall–Kier alpha value is -2.47. The standard InChI is InChI=1S/C20H21N3O2S/c1-12(2)18(16-5-4-10-26-16)22-19(24)13-7-8-14-15(11-13)21-17-6-3-9-23(17)20(14)25/h4-5,7-8,10-12,18H,3,6,9H2,1-2H3,(H,22,24)/t18-/m0/s1. The average Bonchev–Trinajstić information content (AvgIpc) is 3.30. The van der Waals surface area contributed by atoms with Crippen LogP contribution in [0.15, 0.2) is 40.5 Å². The lowest BCUT2D eigenvalue weighted by molar-refractivity contribution is 0.0926. The molecule has 2 aromatic heterocycles. The van der Waals surface area contributed by atoms with E-state index >= 15 is 0 Å². The van der Waals surface area contributed by atoms with Crippen LogP contribution in [0.2, 0.25) is 0 Å². The number of nitrogens with one attached hydrogen (secondary N) is 1. The van der Waals surface area contributed by atoms with Crippen molar-refractivity contribution in [1.29, 1.82) is 0 Å². The second-order valence-corrected chi connectivity index (χ2v) is 8.01. The Labute approximate surface area is 155 Å². The molecular weight excluding hydrogens is 346 g/mol. The van der Waals surface area contributed by atoms with Gasteiger partial charge in [0.15, 0.2) is 0 Å². The number of aromatic nitrogens is 2. The first kappa shape index (κ1) is 17.0. The molecule has 0 bridgehead atoms. The molecule has 26 heavy (non-hydrogen) atoms. The van der Waals surface area contributed by atoms with Crippen molar-refractivity contribution in [2.75, 3.05) is 0 Å². The maximum absolute atomic E-state index is 12.8. The van der Waals surface area contributed by atoms with Crippen molar-refractivity contribution >= 4 is 28.1 Å². The number of amides is 1. The van der Waals surface area contributed by atoms with Crippen molar-refractivity contribution in [3.63, 3.8) is 0 Å². The molecule has 0 spiro atoms. The van der Waals surface area contributed by atoms with Crippen molar-refractivity contribution < 1.29 is 4.79 Å². The Morgan fingerprint density at radius 3 is 2.88 bits per heavy atom. The molecule has 134 valence electrons. The first-order valence-corrected chi connectivity index (χ1v) is 9.80. The molecule has 0 unspecified atom stereocenters. The minimum absolute atomic E-state index is 0.00639. The number of rotatable bonds is 4. The van der Waals surface area contributed by atoms with Gasteiger partial charge in [0.05, 0.1) is 16.9 Å². The Morgan fingerprint density at radius 1 is 1.31 bits per heavy atom. The van der Waals surface area contributed by atoms with Gasteiger partial charge >= 0.3 is 0 Å². The van der Waals surface area contributed by atoms with Crippen molar-refractivity contribution in [2.45, 2.75) is 39.3 Å². The Balaban J connectivity index is 1.67. The van der Waals surface area contributed by atoms with Crippen LogP contribution in [0.25, 0.3) is 10.9 Å². The molecule has 0 fully saturated rings. The zero-order valence-corrected chi connectivity index (χ0v) is 15.7. The van der Waals surface area contributed by atoms with Crippen LogP contribution in [0, 0.1) is 5.92 Å². The van der Waals surface area contributed by atoms with E-state index in [1.165, 1.54) is 0 Å². The predicted octanol–water partition coefficient (Wildman–Crippen LogP) is 3.53. The van der Waals surface area contributed by atoms with Crippen molar-refractivity contribution in [2.24, 2.45) is 5.92 Å². The first-order valence-electron chi connectivity index (χ1n) is 8.92. The Kier molecular flexibility index (Phi) is 4.36. The fourth-order valence-corrected chi connectivity index (χ4v) is 4.43. The topological polar surface area (TPSA) is 64.0 Å². The van der Waals surface area contributed by atoms with E-state index in [0.717, 1.165) is 30.1 Å². The molecule has 1 amide bonds. The number of fused-ring (bicyclic) bond motifs is 2. The lowest BCUT2D eigenvalue weighted by Crippen LogP contribution is -2.31. The summed E-state index contributed by atoms with van der Waals surface area (Å²) in [4.78, 5) is 31.1. The number of nitrogens with zero attached hydrogens (tertiary/aromatic N) is 2. The van der Waals surface area contributed by atoms with Crippen LogP contribution in [0.3, 0.4) is 0 Å². The molecule has 1 aromatic carbocycles. The fourth-order valence-electron chi connectivity index (χ4n) is 3.48. The SMILES string of the molecule is CC(C)[C@H](NC(=O)c1ccc2c(=O)n3c(nc2c1)CCC3)c1cccs1. The van der Waals surface area contributed by atoms with E-state index in [2.05, 4.69) is 24.1 Å². The van der Waals surface area contributed by atoms with Crippen LogP contribution in [-0.4, -0.2) is 15.5 Å². The maximum Gasteiger partial charge on any atom is 0.261 e. The number of hydrogen-bond acceptors (Lipinski definition) is 4. The number of benzene rings is 1. The molecule has 1 aliphatic heterocycles. The summed E-state index contributed by atoms with van der Waals surface area (Å²) >= 11 is 1.64. The maximum atomic E-state index is 12.8. The molecule has 1 N–H and O–H groups in total. The van der Waals surface area contributed by atoms with Crippen LogP contribution in [-0.2, 0) is 13.0 Å². The van der Waals surface area contributed by atoms with Gasteiger partial charge in [-0.3, -0.25) is 14.2 Å². The van der Waals surface area contributed by atoms with Crippen LogP contribution in [0.1, 0.15) is 47.4 Å². The highest BCUT2D eigenvalue weighted by molar-refractivity contribution is 7.10. The van der Waals surface area contributed by atoms with Gasteiger partial charge in [0, 0.05) is 23.4 Å². The molecule has 0 saturated carbocycles. The van der Waals surface area contributed by atoms with Gasteiger partial charge in [0.2, 0.25) is 0 Å². The normalized spacial score (nSPS) is 14.6. The van der Waals surface area contributed by atoms with E-state index in [-0.39, 0.29) is 23.4 Å². The van der Waals surface area contributed by atoms with Gasteiger partial charge in [-0.2, -0.15) is 0 Å². The van der Waals surface area contributed by atoms with Gasteiger partial charge in [-0.1, -0.05) is 19.9 Å². The lowest BCUT2D eigenvalue weighted by atomic mass is 10.0. The zero-order chi connectivity index (χ0) is 18.3. The Bertz CT molecular complexity index is 1020. The summed E-state index contributed by atoms with van der Waals surface area (Å²) in [7, 11) is 0. The van der Waals surface area contributed by atoms with Crippen molar-refractivity contribution in [3.05, 3.63) is 62.3 Å². The number of carbonyl (C=O) groups excluding carboxylic acids is 1. The summed E-state index contributed by atoms with van der Waals surface area (Å²) in [6, 6.07) is 9.18. The van der Waals surface area contributed by atoms with Crippen molar-refractivity contribution in [1.82, 2.24) is 14.9 Å². The molecule has 0 saturated heterocycles. The monoisotopic (exact) mass is 367 g/mol. The molecule has 6 heteroatoms. The van der Waals surface area contributed by atoms with Crippen LogP contribution in [0.5, 0.6) is 0 Å². The quantitative estimate of drug-likeness (QED) is 0.767. The number of thiophene rings is 1. The summed E-state index contributed by atoms with van der Waals surface area (Å²) in [5, 5.41) is 5.72. The van der Waals surface area contributed by atoms with E-state index in [1.807, 2.05) is 17.5 Å². The average molecular weight is 367 g/mol. The highest BCUT2D eigenvalue weighted by Crippen LogP contribution is 2.26. The van der Waals surface area contributed by atoms with E-state index < -0.39 is 0 Å². The summed E-state index contributed by atoms with van der Waals surface area (Å²) in [5.74, 6) is 0.962. The Morgan fingerprint density at radius 2 is 2.15 bits per heavy atom. The molecular formula is C20H21N3O2S. The van der Waals surface area contributed by atoms with E-state index in [9.17, 15) is 9.59 Å². The molecule has 0 radical (unpaired) electrons. The third kappa shape index (κ3) is 2.94. The number of carbonyl (C=O) groups is 1. The third-order valence-electron chi connectivity index (χ3n) is 4.88. The van der Waals surface area contributed by atoms with E-state index in [0.29, 0.717) is 16.5 Å². The van der Waals surface area contributed by atoms with Gasteiger partial charge in [0.25, 0.3) is 11.5 Å². The number of hydrogen-bond donors (Lipinski definition) is 1. The zero-order valence-electron chi connectivity index (χ0n) is 14.9. The second kappa shape index (κ2) is 6.68. The lowest BCUT2D eigenvalue weighted by Gasteiger charge is -2.21. The summed E-state index contributed by atoms with van der Waals surface area (Å²) in [6.45, 7) is 4.92. The van der Waals surface area contributed by atoms with Crippen LogP contribution in [0.4, 0.5) is 0 Å². The number of aryl methyl sites for hydroxylation is 1. The molecule has 5 nitrogen and oxygen atoms in total. The molecule has 1 atom stereocenters. The smallest absolute Gasteiger partial charge is 0.261 e. The van der Waals surface area contributed by atoms with E-state index in [4.69, 9.17) is 0 Å². The third-order valence-corrected chi connectivity index (χ3v) is 5.84. The highest BCUT2D eigenvalue weighted by atomic mass is 32.1. The van der Waals surface area contributed by atoms with Gasteiger partial charge in [0.1, 0.15) is 5.82 Å². The summed E-state index contributed by atoms with van der Waals surface area (Å²) in [5.41, 5.74) is 1.13. The minimum Gasteiger partial charge on any atom is -0.344 e. The van der Waals surface area contributed by atoms with Gasteiger partial charge in [-0.05, 0) is 42.0 Å². The fraction of sp³-hybridized carbons (Fsp3) is 0.350. The molecule has 0 aliphatic carbocycles. The molecule has 3 aromatic rings. The second-order valence-electron chi connectivity index (χ2n) is 7.03. The molecule has 3 heterocycles. The van der Waals surface area contributed by atoms with Crippen molar-refractivity contribution in [3.8, 4) is 0 Å². The van der Waals surface area contributed by atoms with Crippen LogP contribution >= 0.6 is 11.3 Å². The van der Waals surface area contributed by atoms with Gasteiger partial charge in [-0.25, -0.2) is 4.98 Å². The predicted molar refractivity (Wildman–Crippen MR) is 104 cm³/mol. The molecule has 4 rings (SSSR count).